The van der Waals surface area contributed by atoms with Gasteiger partial charge >= 0.3 is 0 Å². The SMILES string of the molecule is CN=Cc1c(O)c(OC)cc(C=N)c1Cc1ccc(C)cc1. The summed E-state index contributed by atoms with van der Waals surface area (Å²) in [6.45, 7) is 2.04. The van der Waals surface area contributed by atoms with E-state index in [0.29, 0.717) is 23.3 Å². The Bertz CT molecular complexity index is 704. The van der Waals surface area contributed by atoms with Gasteiger partial charge in [-0.25, -0.2) is 0 Å². The first-order valence-corrected chi connectivity index (χ1v) is 7.01. The first kappa shape index (κ1) is 15.8. The van der Waals surface area contributed by atoms with E-state index in [-0.39, 0.29) is 5.75 Å². The molecular weight excluding hydrogens is 276 g/mol. The number of rotatable bonds is 5. The number of methoxy groups -OCH3 is 1. The number of hydrogen-bond acceptors (Lipinski definition) is 4. The minimum Gasteiger partial charge on any atom is -0.504 e. The number of nitrogens with one attached hydrogen (secondary N) is 1. The minimum atomic E-state index is 0.0563. The maximum Gasteiger partial charge on any atom is 0.166 e. The Hall–Kier alpha value is -2.62. The van der Waals surface area contributed by atoms with E-state index in [1.807, 2.05) is 6.92 Å². The van der Waals surface area contributed by atoms with Crippen LogP contribution >= 0.6 is 0 Å². The fraction of sp³-hybridized carbons (Fsp3) is 0.222. The van der Waals surface area contributed by atoms with Gasteiger partial charge in [0.05, 0.1) is 7.11 Å². The van der Waals surface area contributed by atoms with Crippen molar-refractivity contribution >= 4 is 12.4 Å². The van der Waals surface area contributed by atoms with Gasteiger partial charge in [0.1, 0.15) is 0 Å². The number of aryl methyl sites for hydroxylation is 1. The molecule has 4 nitrogen and oxygen atoms in total. The summed E-state index contributed by atoms with van der Waals surface area (Å²) in [6.07, 6.45) is 3.50. The van der Waals surface area contributed by atoms with Gasteiger partial charge in [-0.05, 0) is 30.5 Å². The molecule has 0 spiro atoms. The van der Waals surface area contributed by atoms with Gasteiger partial charge in [0.2, 0.25) is 0 Å². The summed E-state index contributed by atoms with van der Waals surface area (Å²) in [4.78, 5) is 4.02. The molecule has 0 aromatic heterocycles. The number of aliphatic imine (C=N–C) groups is 1. The van der Waals surface area contributed by atoms with Crippen LogP contribution in [0.15, 0.2) is 35.3 Å². The Labute approximate surface area is 130 Å². The van der Waals surface area contributed by atoms with Crippen molar-refractivity contribution in [2.24, 2.45) is 4.99 Å². The second-order valence-corrected chi connectivity index (χ2v) is 5.10. The number of ether oxygens (including phenoxy) is 1. The molecule has 0 aliphatic carbocycles. The number of phenols is 1. The summed E-state index contributed by atoms with van der Waals surface area (Å²) in [7, 11) is 3.15. The largest absolute Gasteiger partial charge is 0.504 e. The van der Waals surface area contributed by atoms with Crippen molar-refractivity contribution in [2.45, 2.75) is 13.3 Å². The molecule has 0 bridgehead atoms. The molecule has 0 amide bonds. The van der Waals surface area contributed by atoms with Crippen molar-refractivity contribution in [2.75, 3.05) is 14.2 Å². The molecule has 0 unspecified atom stereocenters. The fourth-order valence-electron chi connectivity index (χ4n) is 2.39. The van der Waals surface area contributed by atoms with E-state index in [2.05, 4.69) is 29.3 Å². The van der Waals surface area contributed by atoms with E-state index < -0.39 is 0 Å². The summed E-state index contributed by atoms with van der Waals surface area (Å²) in [5.41, 5.74) is 4.49. The first-order valence-electron chi connectivity index (χ1n) is 7.01. The van der Waals surface area contributed by atoms with Gasteiger partial charge in [0, 0.05) is 30.6 Å². The van der Waals surface area contributed by atoms with Gasteiger partial charge in [-0.3, -0.25) is 4.99 Å². The van der Waals surface area contributed by atoms with Gasteiger partial charge in [-0.1, -0.05) is 29.8 Å². The highest BCUT2D eigenvalue weighted by molar-refractivity contribution is 5.93. The first-order chi connectivity index (χ1) is 10.6. The Balaban J connectivity index is 2.59. The lowest BCUT2D eigenvalue weighted by atomic mass is 9.94. The third-order valence-electron chi connectivity index (χ3n) is 3.58. The number of phenolic OH excluding ortho intramolecular Hbond substituents is 1. The summed E-state index contributed by atoms with van der Waals surface area (Å²) in [6, 6.07) is 9.89. The molecule has 22 heavy (non-hydrogen) atoms. The standard InChI is InChI=1S/C18H20N2O2/c1-12-4-6-13(7-5-12)8-15-14(10-19)9-17(22-3)18(21)16(15)11-20-2/h4-7,9-11,19,21H,8H2,1-3H3. The molecule has 0 saturated heterocycles. The maximum atomic E-state index is 10.4. The normalized spacial score (nSPS) is 10.9. The summed E-state index contributed by atoms with van der Waals surface area (Å²) in [5, 5.41) is 18.0. The van der Waals surface area contributed by atoms with Gasteiger partial charge in [0.25, 0.3) is 0 Å². The van der Waals surface area contributed by atoms with E-state index in [1.54, 1.807) is 19.3 Å². The number of benzene rings is 2. The Morgan fingerprint density at radius 3 is 2.50 bits per heavy atom. The van der Waals surface area contributed by atoms with Crippen molar-refractivity contribution in [3.8, 4) is 11.5 Å². The van der Waals surface area contributed by atoms with Crippen molar-refractivity contribution < 1.29 is 9.84 Å². The molecule has 2 rings (SSSR count). The second-order valence-electron chi connectivity index (χ2n) is 5.10. The van der Waals surface area contributed by atoms with Crippen LogP contribution < -0.4 is 4.74 Å². The maximum absolute atomic E-state index is 10.4. The van der Waals surface area contributed by atoms with Gasteiger partial charge in [-0.2, -0.15) is 0 Å². The predicted molar refractivity (Wildman–Crippen MR) is 90.0 cm³/mol. The lowest BCUT2D eigenvalue weighted by Crippen LogP contribution is -2.03. The van der Waals surface area contributed by atoms with Crippen LogP contribution in [0.5, 0.6) is 11.5 Å². The lowest BCUT2D eigenvalue weighted by Gasteiger charge is -2.15. The number of aromatic hydroxyl groups is 1. The fourth-order valence-corrected chi connectivity index (χ4v) is 2.39. The zero-order valence-corrected chi connectivity index (χ0v) is 13.1. The van der Waals surface area contributed by atoms with Crippen LogP contribution in [0.4, 0.5) is 0 Å². The van der Waals surface area contributed by atoms with Crippen LogP contribution in [0.2, 0.25) is 0 Å². The average Bonchev–Trinajstić information content (AvgIpc) is 2.53. The Kier molecular flexibility index (Phi) is 4.94. The molecule has 2 aromatic rings. The highest BCUT2D eigenvalue weighted by atomic mass is 16.5. The van der Waals surface area contributed by atoms with Crippen LogP contribution in [0.1, 0.15) is 27.8 Å². The number of hydrogen-bond donors (Lipinski definition) is 2. The molecule has 2 N–H and O–H groups in total. The van der Waals surface area contributed by atoms with E-state index in [1.165, 1.54) is 18.9 Å². The van der Waals surface area contributed by atoms with Gasteiger partial charge in [-0.15, -0.1) is 0 Å². The van der Waals surface area contributed by atoms with E-state index >= 15 is 0 Å². The average molecular weight is 296 g/mol. The Morgan fingerprint density at radius 1 is 1.27 bits per heavy atom. The second kappa shape index (κ2) is 6.89. The number of nitrogens with zero attached hydrogens (tertiary/aromatic N) is 1. The van der Waals surface area contributed by atoms with Crippen molar-refractivity contribution in [1.29, 1.82) is 5.41 Å². The van der Waals surface area contributed by atoms with Crippen molar-refractivity contribution in [1.82, 2.24) is 0 Å². The quantitative estimate of drug-likeness (QED) is 0.831. The third-order valence-corrected chi connectivity index (χ3v) is 3.58. The van der Waals surface area contributed by atoms with Crippen molar-refractivity contribution in [3.63, 3.8) is 0 Å². The van der Waals surface area contributed by atoms with Crippen LogP contribution in [-0.4, -0.2) is 31.7 Å². The molecule has 0 atom stereocenters. The molecule has 2 aromatic carbocycles. The third kappa shape index (κ3) is 3.17. The zero-order valence-electron chi connectivity index (χ0n) is 13.1. The smallest absolute Gasteiger partial charge is 0.166 e. The molecule has 0 fully saturated rings. The summed E-state index contributed by atoms with van der Waals surface area (Å²) < 4.78 is 5.18. The topological polar surface area (TPSA) is 65.7 Å². The van der Waals surface area contributed by atoms with Crippen LogP contribution in [-0.2, 0) is 6.42 Å². The van der Waals surface area contributed by atoms with E-state index in [0.717, 1.165) is 11.1 Å². The predicted octanol–water partition coefficient (Wildman–Crippen LogP) is 3.35. The molecule has 0 heterocycles. The van der Waals surface area contributed by atoms with Gasteiger partial charge < -0.3 is 15.3 Å². The molecule has 0 saturated carbocycles. The zero-order chi connectivity index (χ0) is 16.1. The summed E-state index contributed by atoms with van der Waals surface area (Å²) in [5.74, 6) is 0.405. The van der Waals surface area contributed by atoms with Crippen molar-refractivity contribution in [3.05, 3.63) is 58.1 Å². The molecule has 0 radical (unpaired) electrons. The van der Waals surface area contributed by atoms with Crippen LogP contribution in [0, 0.1) is 12.3 Å². The molecule has 0 aliphatic rings. The molecule has 0 aliphatic heterocycles. The van der Waals surface area contributed by atoms with Crippen LogP contribution in [0.3, 0.4) is 0 Å². The molecular formula is C18H20N2O2. The van der Waals surface area contributed by atoms with Crippen LogP contribution in [0.25, 0.3) is 0 Å². The summed E-state index contributed by atoms with van der Waals surface area (Å²) >= 11 is 0. The van der Waals surface area contributed by atoms with E-state index in [9.17, 15) is 5.11 Å². The van der Waals surface area contributed by atoms with Gasteiger partial charge in [0.15, 0.2) is 11.5 Å². The monoisotopic (exact) mass is 296 g/mol. The highest BCUT2D eigenvalue weighted by Crippen LogP contribution is 2.34. The lowest BCUT2D eigenvalue weighted by molar-refractivity contribution is 0.372. The molecule has 4 heteroatoms. The minimum absolute atomic E-state index is 0.0563. The highest BCUT2D eigenvalue weighted by Gasteiger charge is 2.16. The Morgan fingerprint density at radius 2 is 1.95 bits per heavy atom. The molecule has 114 valence electrons. The van der Waals surface area contributed by atoms with E-state index in [4.69, 9.17) is 10.1 Å².